The molecule has 2 rings (SSSR count). The highest BCUT2D eigenvalue weighted by Gasteiger charge is 2.07. The first-order chi connectivity index (χ1) is 9.19. The van der Waals surface area contributed by atoms with Gasteiger partial charge in [0.15, 0.2) is 0 Å². The van der Waals surface area contributed by atoms with Gasteiger partial charge in [-0.25, -0.2) is 4.79 Å². The van der Waals surface area contributed by atoms with E-state index < -0.39 is 5.63 Å². The summed E-state index contributed by atoms with van der Waals surface area (Å²) in [6.07, 6.45) is 0. The van der Waals surface area contributed by atoms with Crippen molar-refractivity contribution in [2.75, 3.05) is 18.0 Å². The lowest BCUT2D eigenvalue weighted by molar-refractivity contribution is 0.562. The number of nitrogens with zero attached hydrogens (tertiary/aromatic N) is 4. The van der Waals surface area contributed by atoms with Crippen molar-refractivity contribution >= 4 is 22.3 Å². The predicted molar refractivity (Wildman–Crippen MR) is 74.9 cm³/mol. The molecular formula is C13H14N4O2. The molecule has 0 amide bonds. The molecule has 0 saturated carbocycles. The minimum Gasteiger partial charge on any atom is -0.422 e. The number of hydrogen-bond acceptors (Lipinski definition) is 4. The van der Waals surface area contributed by atoms with Gasteiger partial charge in [0.2, 0.25) is 0 Å². The van der Waals surface area contributed by atoms with Gasteiger partial charge >= 0.3 is 5.63 Å². The van der Waals surface area contributed by atoms with Gasteiger partial charge in [-0.1, -0.05) is 5.11 Å². The Morgan fingerprint density at radius 1 is 1.32 bits per heavy atom. The quantitative estimate of drug-likeness (QED) is 0.363. The Balaban J connectivity index is 2.59. The summed E-state index contributed by atoms with van der Waals surface area (Å²) in [5.41, 5.74) is 9.21. The van der Waals surface area contributed by atoms with Gasteiger partial charge in [0.05, 0.1) is 0 Å². The summed E-state index contributed by atoms with van der Waals surface area (Å²) in [7, 11) is 0. The second-order valence-electron chi connectivity index (χ2n) is 4.00. The van der Waals surface area contributed by atoms with Gasteiger partial charge in [-0.05, 0) is 37.6 Å². The molecule has 0 fully saturated rings. The fourth-order valence-corrected chi connectivity index (χ4v) is 1.99. The molecular weight excluding hydrogens is 244 g/mol. The maximum atomic E-state index is 11.6. The van der Waals surface area contributed by atoms with Crippen LogP contribution in [-0.2, 0) is 0 Å². The molecule has 0 N–H and O–H groups in total. The van der Waals surface area contributed by atoms with Crippen LogP contribution in [0.15, 0.2) is 38.6 Å². The van der Waals surface area contributed by atoms with Crippen LogP contribution in [0.25, 0.3) is 21.4 Å². The second-order valence-corrected chi connectivity index (χ2v) is 4.00. The van der Waals surface area contributed by atoms with Crippen molar-refractivity contribution in [3.05, 3.63) is 45.1 Å². The molecule has 0 aliphatic heterocycles. The number of fused-ring (bicyclic) bond motifs is 1. The normalized spacial score (nSPS) is 10.2. The van der Waals surface area contributed by atoms with Crippen molar-refractivity contribution < 1.29 is 4.42 Å². The molecule has 0 aliphatic carbocycles. The zero-order valence-corrected chi connectivity index (χ0v) is 10.8. The molecule has 6 nitrogen and oxygen atoms in total. The minimum atomic E-state index is -0.623. The maximum absolute atomic E-state index is 11.6. The average Bonchev–Trinajstić information content (AvgIpc) is 2.41. The van der Waals surface area contributed by atoms with Crippen LogP contribution in [0, 0.1) is 0 Å². The molecule has 2 aromatic rings. The summed E-state index contributed by atoms with van der Waals surface area (Å²) < 4.78 is 5.18. The lowest BCUT2D eigenvalue weighted by Gasteiger charge is -2.20. The van der Waals surface area contributed by atoms with Crippen molar-refractivity contribution in [3.63, 3.8) is 0 Å². The Labute approximate surface area is 109 Å². The van der Waals surface area contributed by atoms with Crippen LogP contribution in [0.4, 0.5) is 11.4 Å². The Bertz CT molecular complexity index is 697. The minimum absolute atomic E-state index is 0.0226. The van der Waals surface area contributed by atoms with E-state index in [1.54, 1.807) is 0 Å². The monoisotopic (exact) mass is 258 g/mol. The lowest BCUT2D eigenvalue weighted by atomic mass is 10.2. The SMILES string of the molecule is CCN(CC)c1ccc2cc(N=[N+]=[N-])c(=O)oc2c1. The molecule has 1 heterocycles. The zero-order valence-electron chi connectivity index (χ0n) is 10.8. The first-order valence-electron chi connectivity index (χ1n) is 6.07. The van der Waals surface area contributed by atoms with Crippen molar-refractivity contribution in [2.45, 2.75) is 13.8 Å². The third-order valence-corrected chi connectivity index (χ3v) is 2.98. The Morgan fingerprint density at radius 3 is 2.68 bits per heavy atom. The molecule has 6 heteroatoms. The van der Waals surface area contributed by atoms with Crippen molar-refractivity contribution in [2.24, 2.45) is 5.11 Å². The number of rotatable bonds is 4. The molecule has 0 aliphatic rings. The third-order valence-electron chi connectivity index (χ3n) is 2.98. The summed E-state index contributed by atoms with van der Waals surface area (Å²) in [5, 5.41) is 4.04. The van der Waals surface area contributed by atoms with Crippen LogP contribution in [0.1, 0.15) is 13.8 Å². The van der Waals surface area contributed by atoms with Crippen molar-refractivity contribution in [3.8, 4) is 0 Å². The number of anilines is 1. The van der Waals surface area contributed by atoms with E-state index in [1.165, 1.54) is 6.07 Å². The average molecular weight is 258 g/mol. The van der Waals surface area contributed by atoms with Gasteiger partial charge in [-0.2, -0.15) is 0 Å². The summed E-state index contributed by atoms with van der Waals surface area (Å²) in [4.78, 5) is 16.4. The van der Waals surface area contributed by atoms with E-state index in [-0.39, 0.29) is 5.69 Å². The first kappa shape index (κ1) is 13.0. The Kier molecular flexibility index (Phi) is 3.73. The number of hydrogen-bond donors (Lipinski definition) is 0. The summed E-state index contributed by atoms with van der Waals surface area (Å²) in [5.74, 6) is 0. The van der Waals surface area contributed by atoms with E-state index in [4.69, 9.17) is 9.95 Å². The van der Waals surface area contributed by atoms with Gasteiger partial charge in [-0.15, -0.1) is 0 Å². The van der Waals surface area contributed by atoms with E-state index in [1.807, 2.05) is 18.2 Å². The molecule has 0 bridgehead atoms. The van der Waals surface area contributed by atoms with Crippen LogP contribution in [0.2, 0.25) is 0 Å². The fraction of sp³-hybridized carbons (Fsp3) is 0.308. The van der Waals surface area contributed by atoms with E-state index in [0.29, 0.717) is 5.58 Å². The topological polar surface area (TPSA) is 82.2 Å². The fourth-order valence-electron chi connectivity index (χ4n) is 1.99. The molecule has 0 unspecified atom stereocenters. The van der Waals surface area contributed by atoms with Crippen LogP contribution >= 0.6 is 0 Å². The van der Waals surface area contributed by atoms with E-state index in [9.17, 15) is 4.79 Å². The summed E-state index contributed by atoms with van der Waals surface area (Å²) in [6, 6.07) is 7.16. The highest BCUT2D eigenvalue weighted by atomic mass is 16.4. The largest absolute Gasteiger partial charge is 0.422 e. The van der Waals surface area contributed by atoms with Crippen LogP contribution in [0.5, 0.6) is 0 Å². The van der Waals surface area contributed by atoms with Crippen LogP contribution in [-0.4, -0.2) is 13.1 Å². The van der Waals surface area contributed by atoms with Crippen LogP contribution in [0.3, 0.4) is 0 Å². The zero-order chi connectivity index (χ0) is 13.8. The Morgan fingerprint density at radius 2 is 2.05 bits per heavy atom. The molecule has 0 radical (unpaired) electrons. The van der Waals surface area contributed by atoms with E-state index in [2.05, 4.69) is 28.8 Å². The molecule has 98 valence electrons. The van der Waals surface area contributed by atoms with Gasteiger partial charge in [-0.3, -0.25) is 0 Å². The molecule has 1 aromatic heterocycles. The molecule has 0 atom stereocenters. The van der Waals surface area contributed by atoms with Gasteiger partial charge in [0, 0.05) is 35.1 Å². The summed E-state index contributed by atoms with van der Waals surface area (Å²) in [6.45, 7) is 5.88. The first-order valence-corrected chi connectivity index (χ1v) is 6.07. The summed E-state index contributed by atoms with van der Waals surface area (Å²) >= 11 is 0. The predicted octanol–water partition coefficient (Wildman–Crippen LogP) is 3.58. The van der Waals surface area contributed by atoms with E-state index >= 15 is 0 Å². The number of azide groups is 1. The maximum Gasteiger partial charge on any atom is 0.345 e. The molecule has 0 saturated heterocycles. The molecule has 1 aromatic carbocycles. The van der Waals surface area contributed by atoms with E-state index in [0.717, 1.165) is 24.2 Å². The highest BCUT2D eigenvalue weighted by molar-refractivity contribution is 5.82. The highest BCUT2D eigenvalue weighted by Crippen LogP contribution is 2.23. The lowest BCUT2D eigenvalue weighted by Crippen LogP contribution is -2.21. The molecule has 19 heavy (non-hydrogen) atoms. The second kappa shape index (κ2) is 5.46. The standard InChI is InChI=1S/C13H14N4O2/c1-3-17(4-2)10-6-5-9-7-11(15-16-14)13(18)19-12(9)8-10/h5-8H,3-4H2,1-2H3. The molecule has 0 spiro atoms. The third kappa shape index (κ3) is 2.53. The van der Waals surface area contributed by atoms with Crippen molar-refractivity contribution in [1.29, 1.82) is 0 Å². The van der Waals surface area contributed by atoms with Gasteiger partial charge < -0.3 is 9.32 Å². The van der Waals surface area contributed by atoms with Gasteiger partial charge in [0.25, 0.3) is 0 Å². The van der Waals surface area contributed by atoms with Crippen LogP contribution < -0.4 is 10.5 Å². The van der Waals surface area contributed by atoms with Crippen molar-refractivity contribution in [1.82, 2.24) is 0 Å². The van der Waals surface area contributed by atoms with Gasteiger partial charge in [0.1, 0.15) is 11.3 Å². The number of benzene rings is 1. The Hall–Kier alpha value is -2.46. The smallest absolute Gasteiger partial charge is 0.345 e.